The van der Waals surface area contributed by atoms with Gasteiger partial charge >= 0.3 is 5.97 Å². The molecule has 0 aromatic heterocycles. The van der Waals surface area contributed by atoms with Crippen LogP contribution in [0, 0.1) is 0 Å². The van der Waals surface area contributed by atoms with E-state index in [0.717, 1.165) is 6.08 Å². The quantitative estimate of drug-likeness (QED) is 0.730. The first-order valence-electron chi connectivity index (χ1n) is 4.37. The summed E-state index contributed by atoms with van der Waals surface area (Å²) in [4.78, 5) is 21.4. The Morgan fingerprint density at radius 1 is 1.27 bits per heavy atom. The SMILES string of the molecule is CC(=O)N/C(=C/C(=O)O)c1ccccc1. The molecule has 1 rings (SSSR count). The number of rotatable bonds is 3. The van der Waals surface area contributed by atoms with Crippen molar-refractivity contribution in [2.24, 2.45) is 0 Å². The highest BCUT2D eigenvalue weighted by Crippen LogP contribution is 2.10. The Labute approximate surface area is 87.2 Å². The fraction of sp³-hybridized carbons (Fsp3) is 0.0909. The average Bonchev–Trinajstić information content (AvgIpc) is 2.17. The predicted octanol–water partition coefficient (Wildman–Crippen LogP) is 1.25. The van der Waals surface area contributed by atoms with Gasteiger partial charge in [0.15, 0.2) is 0 Å². The number of carbonyl (C=O) groups is 2. The Bertz CT molecular complexity index is 396. The minimum atomic E-state index is -1.09. The second-order valence-electron chi connectivity index (χ2n) is 2.94. The van der Waals surface area contributed by atoms with Gasteiger partial charge in [-0.25, -0.2) is 4.79 Å². The summed E-state index contributed by atoms with van der Waals surface area (Å²) in [5, 5.41) is 11.1. The molecule has 0 spiro atoms. The third-order valence-corrected chi connectivity index (χ3v) is 1.66. The van der Waals surface area contributed by atoms with E-state index < -0.39 is 5.97 Å². The van der Waals surface area contributed by atoms with Gasteiger partial charge in [-0.3, -0.25) is 4.79 Å². The van der Waals surface area contributed by atoms with Crippen molar-refractivity contribution in [2.45, 2.75) is 6.92 Å². The number of benzene rings is 1. The van der Waals surface area contributed by atoms with Crippen LogP contribution in [0.2, 0.25) is 0 Å². The van der Waals surface area contributed by atoms with Crippen LogP contribution < -0.4 is 5.32 Å². The number of amides is 1. The first kappa shape index (κ1) is 11.0. The Kier molecular flexibility index (Phi) is 3.62. The van der Waals surface area contributed by atoms with E-state index in [2.05, 4.69) is 5.32 Å². The monoisotopic (exact) mass is 205 g/mol. The lowest BCUT2D eigenvalue weighted by atomic mass is 10.1. The maximum atomic E-state index is 10.9. The maximum Gasteiger partial charge on any atom is 0.330 e. The van der Waals surface area contributed by atoms with E-state index in [1.165, 1.54) is 6.92 Å². The highest BCUT2D eigenvalue weighted by atomic mass is 16.4. The first-order valence-corrected chi connectivity index (χ1v) is 4.37. The van der Waals surface area contributed by atoms with Gasteiger partial charge in [-0.2, -0.15) is 0 Å². The van der Waals surface area contributed by atoms with Crippen LogP contribution in [0.1, 0.15) is 12.5 Å². The zero-order chi connectivity index (χ0) is 11.3. The lowest BCUT2D eigenvalue weighted by Crippen LogP contribution is -2.19. The summed E-state index contributed by atoms with van der Waals surface area (Å²) in [6.45, 7) is 1.33. The molecular formula is C11H11NO3. The summed E-state index contributed by atoms with van der Waals surface area (Å²) in [5.74, 6) is -1.39. The molecule has 15 heavy (non-hydrogen) atoms. The van der Waals surface area contributed by atoms with Crippen molar-refractivity contribution in [3.63, 3.8) is 0 Å². The molecule has 0 saturated heterocycles. The van der Waals surface area contributed by atoms with Crippen LogP contribution in [0.3, 0.4) is 0 Å². The number of carboxylic acids is 1. The van der Waals surface area contributed by atoms with Crippen molar-refractivity contribution < 1.29 is 14.7 Å². The van der Waals surface area contributed by atoms with E-state index in [1.54, 1.807) is 24.3 Å². The number of hydrogen-bond donors (Lipinski definition) is 2. The molecule has 0 heterocycles. The minimum absolute atomic E-state index is 0.288. The molecule has 4 heteroatoms. The molecule has 0 unspecified atom stereocenters. The van der Waals surface area contributed by atoms with Gasteiger partial charge in [0.25, 0.3) is 0 Å². The molecule has 0 saturated carbocycles. The van der Waals surface area contributed by atoms with Crippen LogP contribution in [0.4, 0.5) is 0 Å². The van der Waals surface area contributed by atoms with Crippen LogP contribution >= 0.6 is 0 Å². The Morgan fingerprint density at radius 2 is 1.87 bits per heavy atom. The van der Waals surface area contributed by atoms with E-state index in [1.807, 2.05) is 6.07 Å². The van der Waals surface area contributed by atoms with Gasteiger partial charge in [-0.15, -0.1) is 0 Å². The summed E-state index contributed by atoms with van der Waals surface area (Å²) in [6.07, 6.45) is 0.969. The third kappa shape index (κ3) is 3.64. The predicted molar refractivity (Wildman–Crippen MR) is 55.9 cm³/mol. The van der Waals surface area contributed by atoms with Crippen molar-refractivity contribution in [1.82, 2.24) is 5.32 Å². The topological polar surface area (TPSA) is 66.4 Å². The number of carbonyl (C=O) groups excluding carboxylic acids is 1. The molecule has 1 aromatic carbocycles. The van der Waals surface area contributed by atoms with Crippen LogP contribution in [-0.2, 0) is 9.59 Å². The van der Waals surface area contributed by atoms with Crippen molar-refractivity contribution in [2.75, 3.05) is 0 Å². The van der Waals surface area contributed by atoms with Gasteiger partial charge in [0, 0.05) is 13.0 Å². The fourth-order valence-electron chi connectivity index (χ4n) is 1.12. The van der Waals surface area contributed by atoms with E-state index in [4.69, 9.17) is 5.11 Å². The zero-order valence-corrected chi connectivity index (χ0v) is 8.23. The zero-order valence-electron chi connectivity index (χ0n) is 8.23. The molecule has 4 nitrogen and oxygen atoms in total. The molecule has 0 fully saturated rings. The second kappa shape index (κ2) is 4.95. The van der Waals surface area contributed by atoms with E-state index >= 15 is 0 Å². The molecule has 78 valence electrons. The third-order valence-electron chi connectivity index (χ3n) is 1.66. The van der Waals surface area contributed by atoms with E-state index in [-0.39, 0.29) is 11.6 Å². The molecule has 1 aromatic rings. The highest BCUT2D eigenvalue weighted by Gasteiger charge is 2.04. The van der Waals surface area contributed by atoms with Gasteiger partial charge in [0.1, 0.15) is 0 Å². The lowest BCUT2D eigenvalue weighted by molar-refractivity contribution is -0.131. The molecule has 0 atom stereocenters. The van der Waals surface area contributed by atoms with Gasteiger partial charge in [-0.05, 0) is 5.56 Å². The molecule has 2 N–H and O–H groups in total. The minimum Gasteiger partial charge on any atom is -0.478 e. The summed E-state index contributed by atoms with van der Waals surface area (Å²) >= 11 is 0. The van der Waals surface area contributed by atoms with Crippen molar-refractivity contribution in [3.05, 3.63) is 42.0 Å². The molecule has 0 aliphatic rings. The maximum absolute atomic E-state index is 10.9. The summed E-state index contributed by atoms with van der Waals surface area (Å²) in [5.41, 5.74) is 0.950. The van der Waals surface area contributed by atoms with Crippen molar-refractivity contribution >= 4 is 17.6 Å². The van der Waals surface area contributed by atoms with Gasteiger partial charge in [0.05, 0.1) is 5.70 Å². The molecule has 0 radical (unpaired) electrons. The van der Waals surface area contributed by atoms with E-state index in [9.17, 15) is 9.59 Å². The van der Waals surface area contributed by atoms with Crippen molar-refractivity contribution in [1.29, 1.82) is 0 Å². The first-order chi connectivity index (χ1) is 7.09. The summed E-state index contributed by atoms with van der Waals surface area (Å²) < 4.78 is 0. The van der Waals surface area contributed by atoms with Gasteiger partial charge in [0.2, 0.25) is 5.91 Å². The van der Waals surface area contributed by atoms with Gasteiger partial charge in [-0.1, -0.05) is 30.3 Å². The molecule has 0 aliphatic heterocycles. The smallest absolute Gasteiger partial charge is 0.330 e. The molecular weight excluding hydrogens is 194 g/mol. The largest absolute Gasteiger partial charge is 0.478 e. The van der Waals surface area contributed by atoms with Crippen molar-refractivity contribution in [3.8, 4) is 0 Å². The number of nitrogens with one attached hydrogen (secondary N) is 1. The standard InChI is InChI=1S/C11H11NO3/c1-8(13)12-10(7-11(14)15)9-5-3-2-4-6-9/h2-7H,1H3,(H,12,13)(H,14,15)/b10-7+. The van der Waals surface area contributed by atoms with Crippen LogP contribution in [0.25, 0.3) is 5.70 Å². The van der Waals surface area contributed by atoms with Crippen LogP contribution in [-0.4, -0.2) is 17.0 Å². The number of aliphatic carboxylic acids is 1. The Morgan fingerprint density at radius 3 is 2.33 bits per heavy atom. The van der Waals surface area contributed by atoms with Crippen LogP contribution in [0.15, 0.2) is 36.4 Å². The summed E-state index contributed by atoms with van der Waals surface area (Å²) in [6, 6.07) is 8.81. The average molecular weight is 205 g/mol. The van der Waals surface area contributed by atoms with E-state index in [0.29, 0.717) is 5.56 Å². The molecule has 1 amide bonds. The van der Waals surface area contributed by atoms with Crippen LogP contribution in [0.5, 0.6) is 0 Å². The highest BCUT2D eigenvalue weighted by molar-refractivity contribution is 5.94. The number of hydrogen-bond acceptors (Lipinski definition) is 2. The fourth-order valence-corrected chi connectivity index (χ4v) is 1.12. The Hall–Kier alpha value is -2.10. The molecule has 0 aliphatic carbocycles. The normalized spacial score (nSPS) is 10.9. The number of carboxylic acid groups (broad SMARTS) is 1. The summed E-state index contributed by atoms with van der Waals surface area (Å²) in [7, 11) is 0. The van der Waals surface area contributed by atoms with Gasteiger partial charge < -0.3 is 10.4 Å². The Balaban J connectivity index is 3.02. The second-order valence-corrected chi connectivity index (χ2v) is 2.94. The molecule has 0 bridgehead atoms. The lowest BCUT2D eigenvalue weighted by Gasteiger charge is -2.06.